The van der Waals surface area contributed by atoms with Gasteiger partial charge in [0.25, 0.3) is 5.56 Å². The normalized spacial score (nSPS) is 15.2. The molecular formula is C25H22N6O4. The van der Waals surface area contributed by atoms with E-state index in [0.717, 1.165) is 22.6 Å². The zero-order chi connectivity index (χ0) is 24.1. The molecule has 6 rings (SSSR count). The van der Waals surface area contributed by atoms with Crippen LogP contribution in [0, 0.1) is 0 Å². The minimum Gasteiger partial charge on any atom is -0.497 e. The summed E-state index contributed by atoms with van der Waals surface area (Å²) in [6.45, 7) is 2.77. The monoisotopic (exact) mass is 470 g/mol. The van der Waals surface area contributed by atoms with Crippen molar-refractivity contribution in [3.05, 3.63) is 75.0 Å². The summed E-state index contributed by atoms with van der Waals surface area (Å²) < 4.78 is 12.9. The van der Waals surface area contributed by atoms with Crippen molar-refractivity contribution in [3.63, 3.8) is 0 Å². The molecule has 176 valence electrons. The Bertz CT molecular complexity index is 1720. The Hall–Kier alpha value is -4.47. The van der Waals surface area contributed by atoms with Crippen LogP contribution < -0.4 is 20.7 Å². The van der Waals surface area contributed by atoms with Gasteiger partial charge in [0, 0.05) is 12.1 Å². The Kier molecular flexibility index (Phi) is 4.87. The summed E-state index contributed by atoms with van der Waals surface area (Å²) in [5, 5.41) is 0.476. The van der Waals surface area contributed by atoms with E-state index in [1.165, 1.54) is 6.33 Å². The third kappa shape index (κ3) is 3.45. The number of rotatable bonds is 4. The van der Waals surface area contributed by atoms with Crippen molar-refractivity contribution in [1.82, 2.24) is 29.5 Å². The molecule has 10 heteroatoms. The third-order valence-corrected chi connectivity index (χ3v) is 6.44. The molecule has 0 radical (unpaired) electrons. The minimum atomic E-state index is -0.240. The highest BCUT2D eigenvalue weighted by Crippen LogP contribution is 2.34. The molecular weight excluding hydrogens is 448 g/mol. The molecule has 2 aromatic carbocycles. The van der Waals surface area contributed by atoms with Crippen LogP contribution in [-0.4, -0.2) is 43.2 Å². The van der Waals surface area contributed by atoms with Crippen molar-refractivity contribution in [1.29, 1.82) is 0 Å². The first kappa shape index (κ1) is 21.1. The summed E-state index contributed by atoms with van der Waals surface area (Å²) in [7, 11) is 1.63. The number of fused-ring (bicyclic) bond motifs is 3. The van der Waals surface area contributed by atoms with Gasteiger partial charge in [0.1, 0.15) is 29.2 Å². The highest BCUT2D eigenvalue weighted by atomic mass is 16.5. The molecule has 3 aromatic heterocycles. The van der Waals surface area contributed by atoms with Crippen molar-refractivity contribution in [3.8, 4) is 22.8 Å². The van der Waals surface area contributed by atoms with Gasteiger partial charge in [0.15, 0.2) is 5.65 Å². The SMILES string of the molecule is CCn1c(=O)[nH]c2ncnc(-c3ccc4c(=O)[nH]c(C5COc6ccc(OC)cc6C5)nc4c3)c21. The molecule has 0 spiro atoms. The fourth-order valence-corrected chi connectivity index (χ4v) is 4.68. The molecule has 4 heterocycles. The van der Waals surface area contributed by atoms with Gasteiger partial charge >= 0.3 is 5.69 Å². The van der Waals surface area contributed by atoms with E-state index in [2.05, 4.69) is 19.9 Å². The van der Waals surface area contributed by atoms with E-state index >= 15 is 0 Å². The number of nitrogens with zero attached hydrogens (tertiary/aromatic N) is 4. The average Bonchev–Trinajstić information content (AvgIpc) is 3.22. The zero-order valence-electron chi connectivity index (χ0n) is 19.2. The van der Waals surface area contributed by atoms with Gasteiger partial charge in [-0.05, 0) is 49.2 Å². The molecule has 35 heavy (non-hydrogen) atoms. The van der Waals surface area contributed by atoms with Crippen LogP contribution >= 0.6 is 0 Å². The van der Waals surface area contributed by atoms with Crippen molar-refractivity contribution in [2.75, 3.05) is 13.7 Å². The van der Waals surface area contributed by atoms with E-state index in [1.807, 2.05) is 37.3 Å². The predicted molar refractivity (Wildman–Crippen MR) is 130 cm³/mol. The maximum absolute atomic E-state index is 12.9. The van der Waals surface area contributed by atoms with Gasteiger partial charge in [-0.1, -0.05) is 6.07 Å². The average molecular weight is 470 g/mol. The second kappa shape index (κ2) is 8.08. The first-order valence-electron chi connectivity index (χ1n) is 11.3. The van der Waals surface area contributed by atoms with E-state index in [0.29, 0.717) is 53.2 Å². The molecule has 5 aromatic rings. The van der Waals surface area contributed by atoms with Crippen LogP contribution in [-0.2, 0) is 13.0 Å². The van der Waals surface area contributed by atoms with E-state index < -0.39 is 0 Å². The highest BCUT2D eigenvalue weighted by Gasteiger charge is 2.25. The number of aromatic amines is 2. The van der Waals surface area contributed by atoms with E-state index in [-0.39, 0.29) is 17.2 Å². The number of hydrogen-bond acceptors (Lipinski definition) is 7. The van der Waals surface area contributed by atoms with E-state index in [1.54, 1.807) is 17.7 Å². The van der Waals surface area contributed by atoms with Gasteiger partial charge in [-0.15, -0.1) is 0 Å². The van der Waals surface area contributed by atoms with Gasteiger partial charge in [-0.2, -0.15) is 0 Å². The first-order chi connectivity index (χ1) is 17.1. The summed E-state index contributed by atoms with van der Waals surface area (Å²) in [5.74, 6) is 2.02. The van der Waals surface area contributed by atoms with Crippen molar-refractivity contribution in [2.45, 2.75) is 25.8 Å². The van der Waals surface area contributed by atoms with Crippen LogP contribution in [0.3, 0.4) is 0 Å². The van der Waals surface area contributed by atoms with Crippen LogP contribution in [0.2, 0.25) is 0 Å². The summed E-state index contributed by atoms with van der Waals surface area (Å²) in [5.41, 5.74) is 3.53. The van der Waals surface area contributed by atoms with Crippen LogP contribution in [0.5, 0.6) is 11.5 Å². The van der Waals surface area contributed by atoms with Gasteiger partial charge in [-0.25, -0.2) is 19.7 Å². The van der Waals surface area contributed by atoms with Gasteiger partial charge in [0.2, 0.25) is 0 Å². The van der Waals surface area contributed by atoms with Crippen molar-refractivity contribution >= 4 is 22.1 Å². The molecule has 1 atom stereocenters. The predicted octanol–water partition coefficient (Wildman–Crippen LogP) is 2.77. The molecule has 0 saturated heterocycles. The van der Waals surface area contributed by atoms with Gasteiger partial charge < -0.3 is 14.5 Å². The number of methoxy groups -OCH3 is 1. The number of benzene rings is 2. The number of hydrogen-bond donors (Lipinski definition) is 2. The second-order valence-corrected chi connectivity index (χ2v) is 8.46. The van der Waals surface area contributed by atoms with E-state index in [4.69, 9.17) is 14.5 Å². The number of ether oxygens (including phenoxy) is 2. The highest BCUT2D eigenvalue weighted by molar-refractivity contribution is 5.91. The lowest BCUT2D eigenvalue weighted by Gasteiger charge is -2.25. The molecule has 1 aliphatic rings. The Morgan fingerprint density at radius 2 is 2.03 bits per heavy atom. The smallest absolute Gasteiger partial charge is 0.327 e. The van der Waals surface area contributed by atoms with Crippen LogP contribution in [0.1, 0.15) is 24.2 Å². The Morgan fingerprint density at radius 3 is 2.86 bits per heavy atom. The molecule has 10 nitrogen and oxygen atoms in total. The molecule has 0 amide bonds. The molecule has 0 saturated carbocycles. The molecule has 0 fully saturated rings. The lowest BCUT2D eigenvalue weighted by Crippen LogP contribution is -2.24. The number of H-pyrrole nitrogens is 2. The Morgan fingerprint density at radius 1 is 1.14 bits per heavy atom. The summed E-state index contributed by atoms with van der Waals surface area (Å²) in [4.78, 5) is 44.4. The summed E-state index contributed by atoms with van der Waals surface area (Å²) in [6.07, 6.45) is 2.08. The van der Waals surface area contributed by atoms with Crippen molar-refractivity contribution < 1.29 is 9.47 Å². The van der Waals surface area contributed by atoms with Crippen LogP contribution in [0.15, 0.2) is 52.3 Å². The lowest BCUT2D eigenvalue weighted by molar-refractivity contribution is 0.257. The second-order valence-electron chi connectivity index (χ2n) is 8.46. The third-order valence-electron chi connectivity index (χ3n) is 6.44. The van der Waals surface area contributed by atoms with E-state index in [9.17, 15) is 9.59 Å². The number of nitrogens with one attached hydrogen (secondary N) is 2. The molecule has 0 aliphatic carbocycles. The lowest BCUT2D eigenvalue weighted by atomic mass is 9.95. The zero-order valence-corrected chi connectivity index (χ0v) is 19.2. The standard InChI is InChI=1S/C25H22N6O4/c1-3-31-21-20(26-12-27-23(21)30-25(31)33)13-4-6-17-18(10-13)28-22(29-24(17)32)15-8-14-9-16(34-2)5-7-19(14)35-11-15/h4-7,9-10,12,15H,3,8,11H2,1-2H3,(H,28,29,32)(H,26,27,30,33). The number of aryl methyl sites for hydroxylation is 1. The van der Waals surface area contributed by atoms with Gasteiger partial charge in [-0.3, -0.25) is 14.3 Å². The minimum absolute atomic E-state index is 0.115. The van der Waals surface area contributed by atoms with Crippen LogP contribution in [0.4, 0.5) is 0 Å². The maximum Gasteiger partial charge on any atom is 0.327 e. The van der Waals surface area contributed by atoms with Crippen LogP contribution in [0.25, 0.3) is 33.3 Å². The number of imidazole rings is 1. The Balaban J connectivity index is 1.45. The maximum atomic E-state index is 12.9. The molecule has 0 bridgehead atoms. The fourth-order valence-electron chi connectivity index (χ4n) is 4.68. The first-order valence-corrected chi connectivity index (χ1v) is 11.3. The van der Waals surface area contributed by atoms with Crippen molar-refractivity contribution in [2.24, 2.45) is 0 Å². The largest absolute Gasteiger partial charge is 0.497 e. The topological polar surface area (TPSA) is 128 Å². The molecule has 1 unspecified atom stereocenters. The fraction of sp³-hybridized carbons (Fsp3) is 0.240. The number of aromatic nitrogens is 6. The Labute approximate surface area is 198 Å². The summed E-state index contributed by atoms with van der Waals surface area (Å²) >= 11 is 0. The quantitative estimate of drug-likeness (QED) is 0.413. The molecule has 1 aliphatic heterocycles. The molecule has 2 N–H and O–H groups in total. The summed E-state index contributed by atoms with van der Waals surface area (Å²) in [6, 6.07) is 11.1. The van der Waals surface area contributed by atoms with Gasteiger partial charge in [0.05, 0.1) is 36.2 Å².